The standard InChI is InChI=1S/C29H31N7/c1-2-12-36(13-3-1)29-24-16-27(32-25(24)8-9-31-29)28-23-15-21(6-7-26(23)33-34-28)22-14-20(17-30-18-22)19-35-10-4-5-11-35/h6-9,14-18,32H,1-5,10-13,19H2,(H,33,34). The van der Waals surface area contributed by atoms with E-state index in [0.717, 1.165) is 64.4 Å². The van der Waals surface area contributed by atoms with Crippen LogP contribution in [-0.2, 0) is 6.54 Å². The molecule has 0 bridgehead atoms. The van der Waals surface area contributed by atoms with Crippen molar-refractivity contribution in [3.63, 3.8) is 0 Å². The molecule has 1 aromatic carbocycles. The molecule has 0 spiro atoms. The molecule has 0 aliphatic carbocycles. The van der Waals surface area contributed by atoms with Gasteiger partial charge in [0, 0.05) is 54.6 Å². The molecule has 0 saturated carbocycles. The monoisotopic (exact) mass is 477 g/mol. The Hall–Kier alpha value is -3.71. The molecule has 7 nitrogen and oxygen atoms in total. The van der Waals surface area contributed by atoms with Crippen LogP contribution in [0.5, 0.6) is 0 Å². The smallest absolute Gasteiger partial charge is 0.137 e. The average molecular weight is 478 g/mol. The maximum atomic E-state index is 4.75. The lowest BCUT2D eigenvalue weighted by molar-refractivity contribution is 0.331. The van der Waals surface area contributed by atoms with Gasteiger partial charge in [-0.2, -0.15) is 5.10 Å². The van der Waals surface area contributed by atoms with Crippen molar-refractivity contribution in [2.24, 2.45) is 0 Å². The number of pyridine rings is 2. The van der Waals surface area contributed by atoms with Gasteiger partial charge in [-0.1, -0.05) is 6.07 Å². The zero-order chi connectivity index (χ0) is 23.9. The summed E-state index contributed by atoms with van der Waals surface area (Å²) < 4.78 is 0. The first kappa shape index (κ1) is 21.6. The van der Waals surface area contributed by atoms with Gasteiger partial charge in [0.25, 0.3) is 0 Å². The van der Waals surface area contributed by atoms with Crippen LogP contribution < -0.4 is 4.90 Å². The number of rotatable bonds is 5. The van der Waals surface area contributed by atoms with Crippen molar-refractivity contribution in [2.75, 3.05) is 31.1 Å². The molecule has 7 rings (SSSR count). The first-order valence-electron chi connectivity index (χ1n) is 13.2. The van der Waals surface area contributed by atoms with Gasteiger partial charge in [-0.15, -0.1) is 0 Å². The van der Waals surface area contributed by atoms with E-state index in [1.165, 1.54) is 56.1 Å². The predicted octanol–water partition coefficient (Wildman–Crippen LogP) is 5.75. The summed E-state index contributed by atoms with van der Waals surface area (Å²) in [6.07, 6.45) is 12.3. The third-order valence-electron chi connectivity index (χ3n) is 7.73. The number of nitrogens with zero attached hydrogens (tertiary/aromatic N) is 5. The van der Waals surface area contributed by atoms with E-state index in [1.54, 1.807) is 0 Å². The van der Waals surface area contributed by atoms with E-state index < -0.39 is 0 Å². The first-order chi connectivity index (χ1) is 17.8. The number of likely N-dealkylation sites (tertiary alicyclic amines) is 1. The summed E-state index contributed by atoms with van der Waals surface area (Å²) in [6, 6.07) is 13.1. The van der Waals surface area contributed by atoms with Gasteiger partial charge in [-0.05, 0) is 86.7 Å². The summed E-state index contributed by atoms with van der Waals surface area (Å²) >= 11 is 0. The van der Waals surface area contributed by atoms with Gasteiger partial charge in [0.1, 0.15) is 11.5 Å². The van der Waals surface area contributed by atoms with Crippen molar-refractivity contribution in [2.45, 2.75) is 38.6 Å². The molecule has 0 atom stereocenters. The van der Waals surface area contributed by atoms with Gasteiger partial charge >= 0.3 is 0 Å². The SMILES string of the molecule is c1cc2[nH]c(-c3n[nH]c4ccc(-c5cncc(CN6CCCC6)c5)cc34)cc2c(N2CCCCC2)n1. The van der Waals surface area contributed by atoms with Crippen LogP contribution in [0.3, 0.4) is 0 Å². The fourth-order valence-electron chi connectivity index (χ4n) is 5.85. The number of aromatic amines is 2. The lowest BCUT2D eigenvalue weighted by Gasteiger charge is -2.28. The molecule has 2 N–H and O–H groups in total. The second kappa shape index (κ2) is 9.06. The normalized spacial score (nSPS) is 16.9. The van der Waals surface area contributed by atoms with E-state index in [0.29, 0.717) is 0 Å². The largest absolute Gasteiger partial charge is 0.356 e. The molecule has 0 radical (unpaired) electrons. The number of nitrogens with one attached hydrogen (secondary N) is 2. The Labute approximate surface area is 210 Å². The van der Waals surface area contributed by atoms with Crippen molar-refractivity contribution in [3.8, 4) is 22.5 Å². The van der Waals surface area contributed by atoms with Crippen molar-refractivity contribution in [1.82, 2.24) is 30.0 Å². The van der Waals surface area contributed by atoms with Crippen molar-refractivity contribution in [1.29, 1.82) is 0 Å². The summed E-state index contributed by atoms with van der Waals surface area (Å²) in [5, 5.41) is 10.2. The van der Waals surface area contributed by atoms with Crippen LogP contribution in [0.4, 0.5) is 5.82 Å². The summed E-state index contributed by atoms with van der Waals surface area (Å²) in [6.45, 7) is 5.50. The van der Waals surface area contributed by atoms with Crippen molar-refractivity contribution >= 4 is 27.6 Å². The molecule has 2 aliphatic rings. The summed E-state index contributed by atoms with van der Waals surface area (Å²) in [4.78, 5) is 17.9. The second-order valence-electron chi connectivity index (χ2n) is 10.2. The van der Waals surface area contributed by atoms with Crippen LogP contribution in [0.15, 0.2) is 55.0 Å². The number of benzene rings is 1. The van der Waals surface area contributed by atoms with Gasteiger partial charge in [0.2, 0.25) is 0 Å². The van der Waals surface area contributed by atoms with Crippen LogP contribution in [0.2, 0.25) is 0 Å². The van der Waals surface area contributed by atoms with Gasteiger partial charge in [0.05, 0.1) is 16.7 Å². The molecule has 182 valence electrons. The summed E-state index contributed by atoms with van der Waals surface area (Å²) in [5.41, 5.74) is 7.67. The molecule has 7 heteroatoms. The number of piperidine rings is 1. The number of hydrogen-bond donors (Lipinski definition) is 2. The van der Waals surface area contributed by atoms with Crippen LogP contribution in [-0.4, -0.2) is 56.2 Å². The fourth-order valence-corrected chi connectivity index (χ4v) is 5.85. The zero-order valence-electron chi connectivity index (χ0n) is 20.5. The van der Waals surface area contributed by atoms with E-state index in [4.69, 9.17) is 10.1 Å². The Morgan fingerprint density at radius 1 is 0.778 bits per heavy atom. The lowest BCUT2D eigenvalue weighted by Crippen LogP contribution is -2.30. The van der Waals surface area contributed by atoms with Gasteiger partial charge in [-0.25, -0.2) is 4.98 Å². The third-order valence-corrected chi connectivity index (χ3v) is 7.73. The number of H-pyrrole nitrogens is 2. The summed E-state index contributed by atoms with van der Waals surface area (Å²) in [5.74, 6) is 1.08. The first-order valence-corrected chi connectivity index (χ1v) is 13.2. The van der Waals surface area contributed by atoms with Crippen LogP contribution in [0, 0.1) is 0 Å². The molecule has 4 aromatic heterocycles. The number of hydrogen-bond acceptors (Lipinski definition) is 5. The van der Waals surface area contributed by atoms with E-state index in [1.807, 2.05) is 18.6 Å². The zero-order valence-corrected chi connectivity index (χ0v) is 20.5. The predicted molar refractivity (Wildman–Crippen MR) is 145 cm³/mol. The lowest BCUT2D eigenvalue weighted by atomic mass is 10.0. The highest BCUT2D eigenvalue weighted by Crippen LogP contribution is 2.34. The Morgan fingerprint density at radius 2 is 1.64 bits per heavy atom. The van der Waals surface area contributed by atoms with Gasteiger partial charge in [0.15, 0.2) is 0 Å². The molecule has 2 aliphatic heterocycles. The molecular weight excluding hydrogens is 446 g/mol. The van der Waals surface area contributed by atoms with E-state index in [9.17, 15) is 0 Å². The Bertz CT molecular complexity index is 1520. The Kier molecular flexibility index (Phi) is 5.43. The van der Waals surface area contributed by atoms with Crippen molar-refractivity contribution < 1.29 is 0 Å². The van der Waals surface area contributed by atoms with Gasteiger partial charge < -0.3 is 9.88 Å². The molecule has 2 saturated heterocycles. The molecule has 0 amide bonds. The quantitative estimate of drug-likeness (QED) is 0.337. The third kappa shape index (κ3) is 3.93. The van der Waals surface area contributed by atoms with Crippen LogP contribution in [0.1, 0.15) is 37.7 Å². The highest BCUT2D eigenvalue weighted by molar-refractivity contribution is 6.00. The maximum absolute atomic E-state index is 4.75. The molecule has 5 aromatic rings. The Balaban J connectivity index is 1.25. The molecule has 6 heterocycles. The highest BCUT2D eigenvalue weighted by Gasteiger charge is 2.19. The van der Waals surface area contributed by atoms with Crippen LogP contribution >= 0.6 is 0 Å². The summed E-state index contributed by atoms with van der Waals surface area (Å²) in [7, 11) is 0. The molecule has 0 unspecified atom stereocenters. The van der Waals surface area contributed by atoms with E-state index in [-0.39, 0.29) is 0 Å². The Morgan fingerprint density at radius 3 is 2.53 bits per heavy atom. The molecule has 36 heavy (non-hydrogen) atoms. The topological polar surface area (TPSA) is 76.7 Å². The van der Waals surface area contributed by atoms with Crippen LogP contribution in [0.25, 0.3) is 44.3 Å². The second-order valence-corrected chi connectivity index (χ2v) is 10.2. The minimum absolute atomic E-state index is 0.939. The van der Waals surface area contributed by atoms with Crippen molar-refractivity contribution in [3.05, 3.63) is 60.6 Å². The minimum Gasteiger partial charge on any atom is -0.356 e. The minimum atomic E-state index is 0.939. The van der Waals surface area contributed by atoms with Gasteiger partial charge in [-0.3, -0.25) is 15.0 Å². The molecular formula is C29H31N7. The highest BCUT2D eigenvalue weighted by atomic mass is 15.2. The fraction of sp³-hybridized carbons (Fsp3) is 0.345. The van der Waals surface area contributed by atoms with E-state index in [2.05, 4.69) is 61.3 Å². The van der Waals surface area contributed by atoms with E-state index >= 15 is 0 Å². The molecule has 2 fully saturated rings. The maximum Gasteiger partial charge on any atom is 0.137 e. The number of fused-ring (bicyclic) bond motifs is 2. The number of aromatic nitrogens is 5. The average Bonchev–Trinajstić information content (AvgIpc) is 3.68. The number of anilines is 1.